The van der Waals surface area contributed by atoms with Gasteiger partial charge in [0.25, 0.3) is 5.91 Å². The summed E-state index contributed by atoms with van der Waals surface area (Å²) in [7, 11) is -2.05. The smallest absolute Gasteiger partial charge is 0.263 e. The SMILES string of the molecule is C=CCn1c(=NC(=O)CN(C)S(C)(=O)=O)sc2cc(C)ccc21. The number of likely N-dealkylation sites (N-methyl/N-ethyl adjacent to an activating group) is 1. The van der Waals surface area contributed by atoms with Gasteiger partial charge in [-0.2, -0.15) is 9.30 Å². The van der Waals surface area contributed by atoms with E-state index in [1.54, 1.807) is 6.08 Å². The van der Waals surface area contributed by atoms with Crippen molar-refractivity contribution >= 4 is 37.5 Å². The molecule has 6 nitrogen and oxygen atoms in total. The van der Waals surface area contributed by atoms with E-state index in [1.807, 2.05) is 29.7 Å². The van der Waals surface area contributed by atoms with Gasteiger partial charge in [0, 0.05) is 13.6 Å². The topological polar surface area (TPSA) is 71.7 Å². The van der Waals surface area contributed by atoms with Crippen LogP contribution in [0.4, 0.5) is 0 Å². The van der Waals surface area contributed by atoms with Crippen molar-refractivity contribution in [2.75, 3.05) is 19.8 Å². The molecule has 0 saturated heterocycles. The van der Waals surface area contributed by atoms with Crippen molar-refractivity contribution in [3.63, 3.8) is 0 Å². The van der Waals surface area contributed by atoms with Crippen molar-refractivity contribution in [2.24, 2.45) is 4.99 Å². The van der Waals surface area contributed by atoms with Crippen molar-refractivity contribution in [1.82, 2.24) is 8.87 Å². The lowest BCUT2D eigenvalue weighted by Crippen LogP contribution is -2.31. The van der Waals surface area contributed by atoms with Crippen LogP contribution in [0.5, 0.6) is 0 Å². The Bertz CT molecular complexity index is 923. The van der Waals surface area contributed by atoms with E-state index in [2.05, 4.69) is 11.6 Å². The molecule has 1 aromatic carbocycles. The van der Waals surface area contributed by atoms with Gasteiger partial charge in [-0.1, -0.05) is 23.5 Å². The summed E-state index contributed by atoms with van der Waals surface area (Å²) >= 11 is 1.40. The zero-order valence-electron chi connectivity index (χ0n) is 13.3. The predicted octanol–water partition coefficient (Wildman–Crippen LogP) is 1.52. The van der Waals surface area contributed by atoms with Gasteiger partial charge in [-0.3, -0.25) is 4.79 Å². The molecular formula is C15H19N3O3S2. The van der Waals surface area contributed by atoms with Gasteiger partial charge in [0.15, 0.2) is 4.80 Å². The number of hydrogen-bond donors (Lipinski definition) is 0. The molecule has 2 rings (SSSR count). The number of rotatable bonds is 5. The molecule has 2 aromatic rings. The average molecular weight is 353 g/mol. The summed E-state index contributed by atoms with van der Waals surface area (Å²) in [6.07, 6.45) is 2.79. The lowest BCUT2D eigenvalue weighted by atomic mass is 10.2. The third-order valence-corrected chi connectivity index (χ3v) is 5.60. The number of amides is 1. The third kappa shape index (κ3) is 4.15. The predicted molar refractivity (Wildman–Crippen MR) is 92.8 cm³/mol. The molecule has 0 atom stereocenters. The highest BCUT2D eigenvalue weighted by Gasteiger charge is 2.15. The Morgan fingerprint density at radius 1 is 1.48 bits per heavy atom. The second-order valence-electron chi connectivity index (χ2n) is 5.28. The van der Waals surface area contributed by atoms with Crippen molar-refractivity contribution in [3.8, 4) is 0 Å². The van der Waals surface area contributed by atoms with E-state index in [-0.39, 0.29) is 6.54 Å². The van der Waals surface area contributed by atoms with Gasteiger partial charge in [-0.05, 0) is 24.6 Å². The van der Waals surface area contributed by atoms with Crippen LogP contribution in [0.3, 0.4) is 0 Å². The first kappa shape index (κ1) is 17.6. The number of aryl methyl sites for hydroxylation is 1. The summed E-state index contributed by atoms with van der Waals surface area (Å²) in [5.41, 5.74) is 2.10. The number of carbonyl (C=O) groups excluding carboxylic acids is 1. The van der Waals surface area contributed by atoms with Crippen molar-refractivity contribution < 1.29 is 13.2 Å². The second kappa shape index (κ2) is 6.77. The fourth-order valence-corrected chi connectivity index (χ4v) is 3.52. The zero-order valence-corrected chi connectivity index (χ0v) is 14.9. The molecule has 0 aliphatic carbocycles. The molecule has 1 amide bonds. The summed E-state index contributed by atoms with van der Waals surface area (Å²) < 4.78 is 26.7. The van der Waals surface area contributed by atoms with Crippen LogP contribution in [0.2, 0.25) is 0 Å². The fourth-order valence-electron chi connectivity index (χ4n) is 2.02. The average Bonchev–Trinajstić information content (AvgIpc) is 2.75. The highest BCUT2D eigenvalue weighted by atomic mass is 32.2. The number of benzene rings is 1. The largest absolute Gasteiger partial charge is 0.313 e. The minimum Gasteiger partial charge on any atom is -0.313 e. The van der Waals surface area contributed by atoms with E-state index in [0.717, 1.165) is 26.3 Å². The van der Waals surface area contributed by atoms with Gasteiger partial charge in [-0.15, -0.1) is 6.58 Å². The van der Waals surface area contributed by atoms with Gasteiger partial charge in [0.05, 0.1) is 23.0 Å². The summed E-state index contributed by atoms with van der Waals surface area (Å²) in [4.78, 5) is 16.7. The minimum atomic E-state index is -3.41. The number of thiazole rings is 1. The molecule has 0 spiro atoms. The minimum absolute atomic E-state index is 0.278. The van der Waals surface area contributed by atoms with E-state index in [0.29, 0.717) is 11.3 Å². The van der Waals surface area contributed by atoms with Gasteiger partial charge < -0.3 is 4.57 Å². The quantitative estimate of drug-likeness (QED) is 0.765. The molecule has 0 saturated carbocycles. The van der Waals surface area contributed by atoms with Crippen LogP contribution in [0.1, 0.15) is 5.56 Å². The second-order valence-corrected chi connectivity index (χ2v) is 8.38. The van der Waals surface area contributed by atoms with Gasteiger partial charge in [-0.25, -0.2) is 8.42 Å². The molecule has 8 heteroatoms. The van der Waals surface area contributed by atoms with E-state index >= 15 is 0 Å². The number of aromatic nitrogens is 1. The standard InChI is InChI=1S/C15H19N3O3S2/c1-5-8-18-12-7-6-11(2)9-13(12)22-15(18)16-14(19)10-17(3)23(4,20)21/h5-7,9H,1,8,10H2,2-4H3. The van der Waals surface area contributed by atoms with Crippen LogP contribution in [-0.2, 0) is 21.4 Å². The highest BCUT2D eigenvalue weighted by Crippen LogP contribution is 2.19. The molecule has 0 fully saturated rings. The maximum absolute atomic E-state index is 12.1. The molecule has 23 heavy (non-hydrogen) atoms. The lowest BCUT2D eigenvalue weighted by molar-refractivity contribution is -0.118. The van der Waals surface area contributed by atoms with Gasteiger partial charge >= 0.3 is 0 Å². The van der Waals surface area contributed by atoms with Crippen LogP contribution in [-0.4, -0.2) is 43.0 Å². The molecule has 0 aliphatic rings. The Morgan fingerprint density at radius 2 is 2.17 bits per heavy atom. The van der Waals surface area contributed by atoms with Crippen LogP contribution in [0, 0.1) is 6.92 Å². The lowest BCUT2D eigenvalue weighted by Gasteiger charge is -2.10. The normalized spacial score (nSPS) is 13.0. The molecular weight excluding hydrogens is 334 g/mol. The molecule has 0 aliphatic heterocycles. The Kier molecular flexibility index (Phi) is 5.18. The zero-order chi connectivity index (χ0) is 17.2. The Hall–Kier alpha value is -1.77. The van der Waals surface area contributed by atoms with E-state index in [4.69, 9.17) is 0 Å². The van der Waals surface area contributed by atoms with Crippen molar-refractivity contribution in [1.29, 1.82) is 0 Å². The Labute approximate surface area is 139 Å². The summed E-state index contributed by atoms with van der Waals surface area (Å²) in [5.74, 6) is -0.501. The highest BCUT2D eigenvalue weighted by molar-refractivity contribution is 7.88. The summed E-state index contributed by atoms with van der Waals surface area (Å²) in [5, 5.41) is 0. The van der Waals surface area contributed by atoms with Crippen molar-refractivity contribution in [2.45, 2.75) is 13.5 Å². The monoisotopic (exact) mass is 353 g/mol. The Morgan fingerprint density at radius 3 is 2.78 bits per heavy atom. The summed E-state index contributed by atoms with van der Waals surface area (Å²) in [6, 6.07) is 6.01. The molecule has 124 valence electrons. The first-order valence-electron chi connectivity index (χ1n) is 6.92. The van der Waals surface area contributed by atoms with Gasteiger partial charge in [0.1, 0.15) is 0 Å². The summed E-state index contributed by atoms with van der Waals surface area (Å²) in [6.45, 7) is 5.98. The number of allylic oxidation sites excluding steroid dienone is 1. The molecule has 0 N–H and O–H groups in total. The van der Waals surface area contributed by atoms with Crippen LogP contribution in [0.25, 0.3) is 10.2 Å². The van der Waals surface area contributed by atoms with E-state index in [9.17, 15) is 13.2 Å². The maximum atomic E-state index is 12.1. The van der Waals surface area contributed by atoms with Crippen LogP contribution >= 0.6 is 11.3 Å². The molecule has 0 bridgehead atoms. The van der Waals surface area contributed by atoms with Crippen molar-refractivity contribution in [3.05, 3.63) is 41.2 Å². The number of carbonyl (C=O) groups is 1. The maximum Gasteiger partial charge on any atom is 0.263 e. The Balaban J connectivity index is 2.47. The first-order valence-corrected chi connectivity index (χ1v) is 9.58. The number of sulfonamides is 1. The molecule has 0 radical (unpaired) electrons. The molecule has 0 unspecified atom stereocenters. The molecule has 1 aromatic heterocycles. The first-order chi connectivity index (χ1) is 10.7. The van der Waals surface area contributed by atoms with Gasteiger partial charge in [0.2, 0.25) is 10.0 Å². The fraction of sp³-hybridized carbons (Fsp3) is 0.333. The van der Waals surface area contributed by atoms with E-state index in [1.165, 1.54) is 18.4 Å². The third-order valence-electron chi connectivity index (χ3n) is 3.29. The number of fused-ring (bicyclic) bond motifs is 1. The van der Waals surface area contributed by atoms with Crippen LogP contribution < -0.4 is 4.80 Å². The molecule has 1 heterocycles. The number of nitrogens with zero attached hydrogens (tertiary/aromatic N) is 3. The van der Waals surface area contributed by atoms with Crippen LogP contribution in [0.15, 0.2) is 35.8 Å². The van der Waals surface area contributed by atoms with E-state index < -0.39 is 15.9 Å². The number of hydrogen-bond acceptors (Lipinski definition) is 4.